The predicted molar refractivity (Wildman–Crippen MR) is 95.3 cm³/mol. The smallest absolute Gasteiger partial charge is 0.374 e. The van der Waals surface area contributed by atoms with Gasteiger partial charge in [-0.15, -0.1) is 0 Å². The quantitative estimate of drug-likeness (QED) is 0.296. The van der Waals surface area contributed by atoms with Gasteiger partial charge in [-0.3, -0.25) is 9.69 Å². The van der Waals surface area contributed by atoms with Crippen LogP contribution in [0.3, 0.4) is 0 Å². The van der Waals surface area contributed by atoms with Crippen molar-refractivity contribution in [3.63, 3.8) is 0 Å². The van der Waals surface area contributed by atoms with Gasteiger partial charge < -0.3 is 23.5 Å². The number of alkyl halides is 3. The van der Waals surface area contributed by atoms with Gasteiger partial charge in [-0.2, -0.15) is 13.2 Å². The van der Waals surface area contributed by atoms with E-state index in [9.17, 15) is 18.0 Å². The molecule has 0 aromatic heterocycles. The van der Waals surface area contributed by atoms with Gasteiger partial charge in [-0.1, -0.05) is 6.92 Å². The highest BCUT2D eigenvalue weighted by molar-refractivity contribution is 7.46. The summed E-state index contributed by atoms with van der Waals surface area (Å²) in [7, 11) is -1.04. The number of hydrogen-bond donors (Lipinski definition) is 0. The summed E-state index contributed by atoms with van der Waals surface area (Å²) in [6.07, 6.45) is -4.13. The Morgan fingerprint density at radius 1 is 1.22 bits per heavy atom. The molecule has 11 heteroatoms. The fraction of sp³-hybridized carbons (Fsp3) is 0.875. The SMILES string of the molecule is [C-]#[N+]CCOP(C)OC[C@@H](CC)OCCN1CCN(C(=O)C(F)(F)F)CC1. The molecule has 1 aliphatic heterocycles. The maximum Gasteiger partial charge on any atom is 0.471 e. The minimum Gasteiger partial charge on any atom is -0.374 e. The normalized spacial score (nSPS) is 18.1. The van der Waals surface area contributed by atoms with E-state index in [0.717, 1.165) is 11.3 Å². The molecule has 1 fully saturated rings. The van der Waals surface area contributed by atoms with Crippen LogP contribution in [0.2, 0.25) is 0 Å². The Labute approximate surface area is 159 Å². The molecule has 156 valence electrons. The Morgan fingerprint density at radius 2 is 1.89 bits per heavy atom. The van der Waals surface area contributed by atoms with Crippen LogP contribution in [0.15, 0.2) is 0 Å². The molecule has 0 spiro atoms. The van der Waals surface area contributed by atoms with Crippen molar-refractivity contribution in [2.24, 2.45) is 0 Å². The van der Waals surface area contributed by atoms with E-state index in [1.807, 2.05) is 18.5 Å². The number of amides is 1. The first kappa shape index (κ1) is 24.1. The van der Waals surface area contributed by atoms with Crippen LogP contribution in [0.4, 0.5) is 13.2 Å². The first-order valence-electron chi connectivity index (χ1n) is 8.80. The van der Waals surface area contributed by atoms with Crippen molar-refractivity contribution in [2.45, 2.75) is 25.6 Å². The van der Waals surface area contributed by atoms with Crippen molar-refractivity contribution in [3.8, 4) is 0 Å². The van der Waals surface area contributed by atoms with Crippen molar-refractivity contribution in [3.05, 3.63) is 11.4 Å². The second-order valence-corrected chi connectivity index (χ2v) is 7.38. The zero-order valence-electron chi connectivity index (χ0n) is 15.7. The molecule has 2 atom stereocenters. The van der Waals surface area contributed by atoms with Crippen molar-refractivity contribution in [2.75, 3.05) is 65.8 Å². The van der Waals surface area contributed by atoms with E-state index in [4.69, 9.17) is 20.4 Å². The Hall–Kier alpha value is -0.980. The van der Waals surface area contributed by atoms with E-state index in [-0.39, 0.29) is 19.2 Å². The number of halogens is 3. The molecule has 0 radical (unpaired) electrons. The van der Waals surface area contributed by atoms with Gasteiger partial charge >= 0.3 is 12.1 Å². The van der Waals surface area contributed by atoms with Crippen LogP contribution < -0.4 is 0 Å². The number of carbonyl (C=O) groups excluding carboxylic acids is 1. The van der Waals surface area contributed by atoms with Gasteiger partial charge in [0.1, 0.15) is 6.61 Å². The Morgan fingerprint density at radius 3 is 2.44 bits per heavy atom. The van der Waals surface area contributed by atoms with E-state index < -0.39 is 20.5 Å². The molecule has 1 heterocycles. The lowest BCUT2D eigenvalue weighted by Crippen LogP contribution is -2.52. The fourth-order valence-corrected chi connectivity index (χ4v) is 3.22. The summed E-state index contributed by atoms with van der Waals surface area (Å²) in [5.74, 6) is -1.77. The van der Waals surface area contributed by atoms with Crippen LogP contribution in [0.25, 0.3) is 4.85 Å². The summed E-state index contributed by atoms with van der Waals surface area (Å²) >= 11 is 0. The second kappa shape index (κ2) is 12.5. The molecule has 1 rings (SSSR count). The number of carbonyl (C=O) groups is 1. The summed E-state index contributed by atoms with van der Waals surface area (Å²) in [4.78, 5) is 17.2. The third-order valence-corrected chi connectivity index (χ3v) is 5.10. The lowest BCUT2D eigenvalue weighted by atomic mass is 10.3. The topological polar surface area (TPSA) is 55.6 Å². The lowest BCUT2D eigenvalue weighted by Gasteiger charge is -2.35. The van der Waals surface area contributed by atoms with Gasteiger partial charge in [0.25, 0.3) is 0 Å². The molecule has 0 aromatic rings. The van der Waals surface area contributed by atoms with Crippen molar-refractivity contribution >= 4 is 14.3 Å². The Kier molecular flexibility index (Phi) is 11.1. The largest absolute Gasteiger partial charge is 0.471 e. The van der Waals surface area contributed by atoms with E-state index in [0.29, 0.717) is 46.0 Å². The van der Waals surface area contributed by atoms with Crippen molar-refractivity contribution in [1.29, 1.82) is 0 Å². The van der Waals surface area contributed by atoms with Crippen LogP contribution in [0.5, 0.6) is 0 Å². The molecule has 0 bridgehead atoms. The standard InChI is InChI=1S/C16H27F3N3O4P/c1-4-14(13-26-27(3)25-11-5-20-2)24-12-10-21-6-8-22(9-7-21)15(23)16(17,18)19/h14H,4-13H2,1,3H3/t14-,27?/m1/s1. The van der Waals surface area contributed by atoms with Crippen LogP contribution in [0.1, 0.15) is 13.3 Å². The summed E-state index contributed by atoms with van der Waals surface area (Å²) in [5.41, 5.74) is 0. The molecule has 0 saturated carbocycles. The molecule has 0 N–H and O–H groups in total. The van der Waals surface area contributed by atoms with Crippen LogP contribution in [-0.4, -0.2) is 93.7 Å². The third-order valence-electron chi connectivity index (χ3n) is 4.04. The first-order chi connectivity index (χ1) is 12.8. The van der Waals surface area contributed by atoms with E-state index >= 15 is 0 Å². The van der Waals surface area contributed by atoms with Gasteiger partial charge in [0.2, 0.25) is 6.54 Å². The van der Waals surface area contributed by atoms with E-state index in [1.165, 1.54) is 0 Å². The Bertz CT molecular complexity index is 483. The van der Waals surface area contributed by atoms with E-state index in [1.54, 1.807) is 0 Å². The molecule has 1 saturated heterocycles. The number of piperazine rings is 1. The van der Waals surface area contributed by atoms with Gasteiger partial charge in [0, 0.05) is 39.4 Å². The van der Waals surface area contributed by atoms with Gasteiger partial charge in [-0.25, -0.2) is 6.57 Å². The molecule has 1 unspecified atom stereocenters. The summed E-state index contributed by atoms with van der Waals surface area (Å²) in [6.45, 7) is 13.5. The minimum atomic E-state index is -4.81. The highest BCUT2D eigenvalue weighted by Crippen LogP contribution is 2.33. The maximum atomic E-state index is 12.4. The molecule has 27 heavy (non-hydrogen) atoms. The maximum absolute atomic E-state index is 12.4. The zero-order valence-corrected chi connectivity index (χ0v) is 16.6. The van der Waals surface area contributed by atoms with Crippen molar-refractivity contribution in [1.82, 2.24) is 9.80 Å². The predicted octanol–water partition coefficient (Wildman–Crippen LogP) is 2.38. The molecular formula is C16H27F3N3O4P. The second-order valence-electron chi connectivity index (χ2n) is 5.98. The van der Waals surface area contributed by atoms with Crippen LogP contribution in [-0.2, 0) is 18.6 Å². The monoisotopic (exact) mass is 413 g/mol. The molecular weight excluding hydrogens is 386 g/mol. The number of ether oxygens (including phenoxy) is 1. The first-order valence-corrected chi connectivity index (χ1v) is 10.4. The van der Waals surface area contributed by atoms with Crippen molar-refractivity contribution < 1.29 is 31.8 Å². The van der Waals surface area contributed by atoms with Gasteiger partial charge in [0.05, 0.1) is 19.3 Å². The summed E-state index contributed by atoms with van der Waals surface area (Å²) in [5, 5.41) is 0. The third kappa shape index (κ3) is 9.67. The number of rotatable bonds is 11. The summed E-state index contributed by atoms with van der Waals surface area (Å²) < 4.78 is 54.0. The highest BCUT2D eigenvalue weighted by Gasteiger charge is 2.43. The molecule has 1 aliphatic rings. The lowest BCUT2D eigenvalue weighted by molar-refractivity contribution is -0.187. The average molecular weight is 413 g/mol. The number of hydrogen-bond acceptors (Lipinski definition) is 5. The van der Waals surface area contributed by atoms with Gasteiger partial charge in [-0.05, 0) is 6.42 Å². The fourth-order valence-electron chi connectivity index (χ4n) is 2.43. The molecule has 7 nitrogen and oxygen atoms in total. The molecule has 0 aliphatic carbocycles. The van der Waals surface area contributed by atoms with E-state index in [2.05, 4.69) is 4.85 Å². The molecule has 1 amide bonds. The Balaban J connectivity index is 2.19. The van der Waals surface area contributed by atoms with Gasteiger partial charge in [0.15, 0.2) is 8.38 Å². The average Bonchev–Trinajstić information content (AvgIpc) is 2.64. The van der Waals surface area contributed by atoms with Crippen LogP contribution in [0, 0.1) is 6.57 Å². The minimum absolute atomic E-state index is 0.0702. The highest BCUT2D eigenvalue weighted by atomic mass is 31.2. The molecule has 0 aromatic carbocycles. The summed E-state index contributed by atoms with van der Waals surface area (Å²) in [6, 6.07) is 0. The zero-order chi connectivity index (χ0) is 20.3. The number of nitrogens with zero attached hydrogens (tertiary/aromatic N) is 3. The van der Waals surface area contributed by atoms with Crippen LogP contribution >= 0.6 is 8.38 Å².